The summed E-state index contributed by atoms with van der Waals surface area (Å²) in [6.45, 7) is 2.22. The Bertz CT molecular complexity index is 557. The quantitative estimate of drug-likeness (QED) is 0.489. The van der Waals surface area contributed by atoms with E-state index < -0.39 is 0 Å². The molecular weight excluding hydrogens is 246 g/mol. The number of aromatic nitrogens is 1. The summed E-state index contributed by atoms with van der Waals surface area (Å²) in [5.41, 5.74) is 1.73. The molecule has 0 saturated carbocycles. The second kappa shape index (κ2) is 7.78. The molecule has 0 fully saturated rings. The molecule has 0 radical (unpaired) electrons. The standard InChI is InChI=1S/C18H23NO/c1-2-3-4-5-6-7-13-18(20)16-10-8-12-17-15(16)11-9-14-19-17/h8-12,14H,2-7,13H2,1H3. The number of carbonyl (C=O) groups excluding carboxylic acids is 1. The molecular formula is C18H23NO. The first kappa shape index (κ1) is 14.7. The van der Waals surface area contributed by atoms with Gasteiger partial charge >= 0.3 is 0 Å². The van der Waals surface area contributed by atoms with Crippen molar-refractivity contribution >= 4 is 16.7 Å². The Morgan fingerprint density at radius 3 is 2.65 bits per heavy atom. The first-order valence-electron chi connectivity index (χ1n) is 7.70. The van der Waals surface area contributed by atoms with Crippen LogP contribution in [-0.4, -0.2) is 10.8 Å². The third-order valence-electron chi connectivity index (χ3n) is 3.70. The molecule has 0 atom stereocenters. The van der Waals surface area contributed by atoms with Crippen LogP contribution in [0.5, 0.6) is 0 Å². The van der Waals surface area contributed by atoms with E-state index in [9.17, 15) is 4.79 Å². The van der Waals surface area contributed by atoms with Crippen molar-refractivity contribution in [2.75, 3.05) is 0 Å². The van der Waals surface area contributed by atoms with Gasteiger partial charge in [0, 0.05) is 23.6 Å². The third kappa shape index (κ3) is 3.89. The molecule has 2 rings (SSSR count). The van der Waals surface area contributed by atoms with E-state index in [0.29, 0.717) is 6.42 Å². The van der Waals surface area contributed by atoms with Crippen LogP contribution in [0, 0.1) is 0 Å². The van der Waals surface area contributed by atoms with Crippen LogP contribution in [-0.2, 0) is 0 Å². The van der Waals surface area contributed by atoms with Gasteiger partial charge in [-0.25, -0.2) is 0 Å². The van der Waals surface area contributed by atoms with Crippen molar-refractivity contribution in [3.05, 3.63) is 42.1 Å². The van der Waals surface area contributed by atoms with E-state index in [1.807, 2.05) is 30.3 Å². The van der Waals surface area contributed by atoms with Gasteiger partial charge in [0.05, 0.1) is 5.52 Å². The molecule has 2 aromatic rings. The van der Waals surface area contributed by atoms with Gasteiger partial charge in [0.15, 0.2) is 5.78 Å². The number of ketones is 1. The summed E-state index contributed by atoms with van der Waals surface area (Å²) in [6, 6.07) is 9.67. The molecule has 0 spiro atoms. The largest absolute Gasteiger partial charge is 0.294 e. The molecule has 0 amide bonds. The van der Waals surface area contributed by atoms with Crippen molar-refractivity contribution in [3.63, 3.8) is 0 Å². The van der Waals surface area contributed by atoms with Crippen LogP contribution in [0.4, 0.5) is 0 Å². The fraction of sp³-hybridized carbons (Fsp3) is 0.444. The van der Waals surface area contributed by atoms with Crippen molar-refractivity contribution < 1.29 is 4.79 Å². The van der Waals surface area contributed by atoms with E-state index >= 15 is 0 Å². The van der Waals surface area contributed by atoms with Gasteiger partial charge in [-0.05, 0) is 18.6 Å². The van der Waals surface area contributed by atoms with Crippen molar-refractivity contribution in [2.24, 2.45) is 0 Å². The van der Waals surface area contributed by atoms with E-state index in [4.69, 9.17) is 0 Å². The second-order valence-corrected chi connectivity index (χ2v) is 5.32. The summed E-state index contributed by atoms with van der Waals surface area (Å²) in [5.74, 6) is 0.249. The minimum absolute atomic E-state index is 0.249. The minimum atomic E-state index is 0.249. The highest BCUT2D eigenvalue weighted by atomic mass is 16.1. The number of benzene rings is 1. The zero-order valence-electron chi connectivity index (χ0n) is 12.3. The van der Waals surface area contributed by atoms with Crippen LogP contribution in [0.1, 0.15) is 62.2 Å². The first-order valence-corrected chi connectivity index (χ1v) is 7.70. The number of rotatable bonds is 8. The van der Waals surface area contributed by atoms with E-state index in [2.05, 4.69) is 11.9 Å². The van der Waals surface area contributed by atoms with Gasteiger partial charge < -0.3 is 0 Å². The predicted molar refractivity (Wildman–Crippen MR) is 84.1 cm³/mol. The van der Waals surface area contributed by atoms with Gasteiger partial charge in [0.2, 0.25) is 0 Å². The molecule has 106 valence electrons. The Kier molecular flexibility index (Phi) is 5.72. The molecule has 1 heterocycles. The zero-order valence-corrected chi connectivity index (χ0v) is 12.3. The number of hydrogen-bond donors (Lipinski definition) is 0. The van der Waals surface area contributed by atoms with E-state index in [0.717, 1.165) is 29.3 Å². The van der Waals surface area contributed by atoms with Gasteiger partial charge in [-0.3, -0.25) is 9.78 Å². The molecule has 0 saturated heterocycles. The molecule has 0 bridgehead atoms. The van der Waals surface area contributed by atoms with Crippen molar-refractivity contribution in [3.8, 4) is 0 Å². The van der Waals surface area contributed by atoms with Crippen LogP contribution in [0.2, 0.25) is 0 Å². The van der Waals surface area contributed by atoms with Gasteiger partial charge in [-0.2, -0.15) is 0 Å². The average Bonchev–Trinajstić information content (AvgIpc) is 2.50. The summed E-state index contributed by atoms with van der Waals surface area (Å²) in [4.78, 5) is 16.6. The Balaban J connectivity index is 1.91. The number of fused-ring (bicyclic) bond motifs is 1. The Hall–Kier alpha value is -1.70. The molecule has 0 N–H and O–H groups in total. The molecule has 0 aliphatic carbocycles. The maximum atomic E-state index is 12.3. The number of pyridine rings is 1. The van der Waals surface area contributed by atoms with E-state index in [1.165, 1.54) is 25.7 Å². The molecule has 20 heavy (non-hydrogen) atoms. The highest BCUT2D eigenvalue weighted by molar-refractivity contribution is 6.07. The van der Waals surface area contributed by atoms with Crippen molar-refractivity contribution in [1.82, 2.24) is 4.98 Å². The monoisotopic (exact) mass is 269 g/mol. The van der Waals surface area contributed by atoms with Crippen LogP contribution in [0.25, 0.3) is 10.9 Å². The maximum absolute atomic E-state index is 12.3. The normalized spacial score (nSPS) is 10.8. The number of nitrogens with zero attached hydrogens (tertiary/aromatic N) is 1. The Morgan fingerprint density at radius 1 is 1.00 bits per heavy atom. The maximum Gasteiger partial charge on any atom is 0.163 e. The fourth-order valence-electron chi connectivity index (χ4n) is 2.55. The highest BCUT2D eigenvalue weighted by Crippen LogP contribution is 2.19. The summed E-state index contributed by atoms with van der Waals surface area (Å²) in [6.07, 6.45) is 9.70. The first-order chi connectivity index (χ1) is 9.83. The lowest BCUT2D eigenvalue weighted by molar-refractivity contribution is 0.0980. The number of unbranched alkanes of at least 4 members (excludes halogenated alkanes) is 5. The lowest BCUT2D eigenvalue weighted by Gasteiger charge is -2.05. The SMILES string of the molecule is CCCCCCCCC(=O)c1cccc2ncccc12. The topological polar surface area (TPSA) is 30.0 Å². The summed E-state index contributed by atoms with van der Waals surface area (Å²) < 4.78 is 0. The minimum Gasteiger partial charge on any atom is -0.294 e. The van der Waals surface area contributed by atoms with Gasteiger partial charge in [0.1, 0.15) is 0 Å². The molecule has 0 aliphatic heterocycles. The second-order valence-electron chi connectivity index (χ2n) is 5.32. The summed E-state index contributed by atoms with van der Waals surface area (Å²) in [5, 5.41) is 0.978. The molecule has 1 aromatic heterocycles. The molecule has 0 unspecified atom stereocenters. The van der Waals surface area contributed by atoms with Crippen LogP contribution >= 0.6 is 0 Å². The van der Waals surface area contributed by atoms with Crippen LogP contribution in [0.15, 0.2) is 36.5 Å². The fourth-order valence-corrected chi connectivity index (χ4v) is 2.55. The number of carbonyl (C=O) groups is 1. The smallest absolute Gasteiger partial charge is 0.163 e. The van der Waals surface area contributed by atoms with Crippen LogP contribution in [0.3, 0.4) is 0 Å². The molecule has 0 aliphatic rings. The Labute approximate surface area is 121 Å². The third-order valence-corrected chi connectivity index (χ3v) is 3.70. The predicted octanol–water partition coefficient (Wildman–Crippen LogP) is 5.17. The lowest BCUT2D eigenvalue weighted by Crippen LogP contribution is -2.00. The molecule has 1 aromatic carbocycles. The van der Waals surface area contributed by atoms with E-state index in [1.54, 1.807) is 6.20 Å². The summed E-state index contributed by atoms with van der Waals surface area (Å²) in [7, 11) is 0. The van der Waals surface area contributed by atoms with Gasteiger partial charge in [-0.1, -0.05) is 57.2 Å². The number of hydrogen-bond acceptors (Lipinski definition) is 2. The molecule has 2 heteroatoms. The van der Waals surface area contributed by atoms with Crippen molar-refractivity contribution in [1.29, 1.82) is 0 Å². The number of Topliss-reactive ketones (excluding diaryl/α,β-unsaturated/α-hetero) is 1. The summed E-state index contributed by atoms with van der Waals surface area (Å²) >= 11 is 0. The Morgan fingerprint density at radius 2 is 1.80 bits per heavy atom. The van der Waals surface area contributed by atoms with E-state index in [-0.39, 0.29) is 5.78 Å². The zero-order chi connectivity index (χ0) is 14.2. The average molecular weight is 269 g/mol. The highest BCUT2D eigenvalue weighted by Gasteiger charge is 2.09. The lowest BCUT2D eigenvalue weighted by atomic mass is 10.00. The molecule has 2 nitrogen and oxygen atoms in total. The van der Waals surface area contributed by atoms with Gasteiger partial charge in [-0.15, -0.1) is 0 Å². The van der Waals surface area contributed by atoms with Crippen molar-refractivity contribution in [2.45, 2.75) is 51.9 Å². The van der Waals surface area contributed by atoms with Gasteiger partial charge in [0.25, 0.3) is 0 Å². The van der Waals surface area contributed by atoms with Crippen LogP contribution < -0.4 is 0 Å².